The first-order chi connectivity index (χ1) is 7.02. The van der Waals surface area contributed by atoms with Gasteiger partial charge in [-0.3, -0.25) is 0 Å². The maximum atomic E-state index is 9.94. The highest BCUT2D eigenvalue weighted by atomic mass is 79.9. The van der Waals surface area contributed by atoms with Gasteiger partial charge in [-0.05, 0) is 49.8 Å². The second kappa shape index (κ2) is 3.80. The highest BCUT2D eigenvalue weighted by molar-refractivity contribution is 9.10. The van der Waals surface area contributed by atoms with Crippen LogP contribution in [0.5, 0.6) is 5.75 Å². The van der Waals surface area contributed by atoms with Crippen molar-refractivity contribution in [1.82, 2.24) is 0 Å². The topological polar surface area (TPSA) is 46.2 Å². The van der Waals surface area contributed by atoms with Gasteiger partial charge < -0.3 is 10.8 Å². The van der Waals surface area contributed by atoms with E-state index in [4.69, 9.17) is 5.73 Å². The van der Waals surface area contributed by atoms with Gasteiger partial charge >= 0.3 is 0 Å². The molecule has 1 aliphatic rings. The van der Waals surface area contributed by atoms with Gasteiger partial charge in [-0.1, -0.05) is 15.9 Å². The van der Waals surface area contributed by atoms with Crippen molar-refractivity contribution in [2.45, 2.75) is 32.7 Å². The standard InChI is InChI=1S/C12H16BrNO/c1-6-5-9(15)10(7(2)11(6)13)12(14)8-3-4-8/h5,8,12,15H,3-4,14H2,1-2H3. The second-order valence-electron chi connectivity index (χ2n) is 4.43. The van der Waals surface area contributed by atoms with Crippen LogP contribution >= 0.6 is 15.9 Å². The number of phenolic OH excluding ortho intramolecular Hbond substituents is 1. The van der Waals surface area contributed by atoms with Crippen LogP contribution in [-0.4, -0.2) is 5.11 Å². The van der Waals surface area contributed by atoms with E-state index in [9.17, 15) is 5.11 Å². The predicted molar refractivity (Wildman–Crippen MR) is 64.9 cm³/mol. The molecule has 1 aromatic rings. The molecular formula is C12H16BrNO. The second-order valence-corrected chi connectivity index (χ2v) is 5.22. The third kappa shape index (κ3) is 1.91. The molecule has 1 saturated carbocycles. The molecule has 0 bridgehead atoms. The zero-order valence-corrected chi connectivity index (χ0v) is 10.6. The molecule has 0 saturated heterocycles. The van der Waals surface area contributed by atoms with Crippen molar-refractivity contribution in [3.63, 3.8) is 0 Å². The molecule has 1 atom stereocenters. The van der Waals surface area contributed by atoms with E-state index in [1.165, 1.54) is 12.8 Å². The van der Waals surface area contributed by atoms with Gasteiger partial charge in [0.1, 0.15) is 5.75 Å². The van der Waals surface area contributed by atoms with Gasteiger partial charge in [0, 0.05) is 16.1 Å². The minimum atomic E-state index is -0.0121. The summed E-state index contributed by atoms with van der Waals surface area (Å²) in [6.45, 7) is 3.98. The largest absolute Gasteiger partial charge is 0.508 e. The fourth-order valence-electron chi connectivity index (χ4n) is 2.06. The Morgan fingerprint density at radius 3 is 2.60 bits per heavy atom. The highest BCUT2D eigenvalue weighted by Gasteiger charge is 2.32. The molecule has 1 aliphatic carbocycles. The number of phenols is 1. The third-order valence-electron chi connectivity index (χ3n) is 3.17. The summed E-state index contributed by atoms with van der Waals surface area (Å²) in [5.74, 6) is 0.900. The molecule has 15 heavy (non-hydrogen) atoms. The molecule has 1 fully saturated rings. The molecule has 1 unspecified atom stereocenters. The molecule has 82 valence electrons. The Labute approximate surface area is 98.6 Å². The monoisotopic (exact) mass is 269 g/mol. The highest BCUT2D eigenvalue weighted by Crippen LogP contribution is 2.44. The average molecular weight is 270 g/mol. The van der Waals surface area contributed by atoms with Crippen LogP contribution in [0.25, 0.3) is 0 Å². The Kier molecular flexibility index (Phi) is 2.77. The lowest BCUT2D eigenvalue weighted by atomic mass is 9.95. The summed E-state index contributed by atoms with van der Waals surface area (Å²) >= 11 is 3.54. The number of rotatable bonds is 2. The van der Waals surface area contributed by atoms with Crippen molar-refractivity contribution in [3.8, 4) is 5.75 Å². The maximum absolute atomic E-state index is 9.94. The number of aryl methyl sites for hydroxylation is 1. The van der Waals surface area contributed by atoms with E-state index in [1.807, 2.05) is 13.8 Å². The Hall–Kier alpha value is -0.540. The molecule has 0 spiro atoms. The molecule has 0 radical (unpaired) electrons. The van der Waals surface area contributed by atoms with Crippen LogP contribution < -0.4 is 5.73 Å². The molecule has 1 aromatic carbocycles. The van der Waals surface area contributed by atoms with Gasteiger partial charge in [-0.15, -0.1) is 0 Å². The zero-order chi connectivity index (χ0) is 11.2. The van der Waals surface area contributed by atoms with Crippen LogP contribution in [-0.2, 0) is 0 Å². The number of aromatic hydroxyl groups is 1. The van der Waals surface area contributed by atoms with Crippen LogP contribution in [0.2, 0.25) is 0 Å². The number of nitrogens with two attached hydrogens (primary N) is 1. The van der Waals surface area contributed by atoms with Crippen LogP contribution in [0.1, 0.15) is 35.6 Å². The van der Waals surface area contributed by atoms with Crippen molar-refractivity contribution in [1.29, 1.82) is 0 Å². The average Bonchev–Trinajstić information content (AvgIpc) is 2.97. The molecule has 0 aliphatic heterocycles. The summed E-state index contributed by atoms with van der Waals surface area (Å²) < 4.78 is 1.06. The van der Waals surface area contributed by atoms with Crippen molar-refractivity contribution < 1.29 is 5.11 Å². The van der Waals surface area contributed by atoms with Gasteiger partial charge in [0.15, 0.2) is 0 Å². The summed E-state index contributed by atoms with van der Waals surface area (Å²) in [7, 11) is 0. The van der Waals surface area contributed by atoms with Crippen LogP contribution in [0.4, 0.5) is 0 Å². The van der Waals surface area contributed by atoms with Gasteiger partial charge in [0.25, 0.3) is 0 Å². The lowest BCUT2D eigenvalue weighted by Gasteiger charge is -2.18. The van der Waals surface area contributed by atoms with Crippen LogP contribution in [0, 0.1) is 19.8 Å². The summed E-state index contributed by atoms with van der Waals surface area (Å²) in [5.41, 5.74) is 9.18. The fraction of sp³-hybridized carbons (Fsp3) is 0.500. The minimum absolute atomic E-state index is 0.0121. The Morgan fingerprint density at radius 2 is 2.07 bits per heavy atom. The SMILES string of the molecule is Cc1cc(O)c(C(N)C2CC2)c(C)c1Br. The normalized spacial score (nSPS) is 17.9. The van der Waals surface area contributed by atoms with E-state index in [1.54, 1.807) is 6.07 Å². The van der Waals surface area contributed by atoms with E-state index in [2.05, 4.69) is 15.9 Å². The molecular weight excluding hydrogens is 254 g/mol. The zero-order valence-electron chi connectivity index (χ0n) is 9.05. The molecule has 0 aromatic heterocycles. The van der Waals surface area contributed by atoms with Crippen molar-refractivity contribution >= 4 is 15.9 Å². The van der Waals surface area contributed by atoms with Crippen molar-refractivity contribution in [2.24, 2.45) is 11.7 Å². The summed E-state index contributed by atoms with van der Waals surface area (Å²) in [6, 6.07) is 1.77. The molecule has 0 amide bonds. The van der Waals surface area contributed by atoms with E-state index in [-0.39, 0.29) is 6.04 Å². The predicted octanol–water partition coefficient (Wildman–Crippen LogP) is 3.18. The third-order valence-corrected chi connectivity index (χ3v) is 4.39. The minimum Gasteiger partial charge on any atom is -0.508 e. The van der Waals surface area contributed by atoms with E-state index in [0.29, 0.717) is 11.7 Å². The smallest absolute Gasteiger partial charge is 0.120 e. The lowest BCUT2D eigenvalue weighted by Crippen LogP contribution is -2.14. The van der Waals surface area contributed by atoms with Crippen molar-refractivity contribution in [2.75, 3.05) is 0 Å². The summed E-state index contributed by atoms with van der Waals surface area (Å²) in [5, 5.41) is 9.94. The van der Waals surface area contributed by atoms with Gasteiger partial charge in [0.2, 0.25) is 0 Å². The van der Waals surface area contributed by atoms with Gasteiger partial charge in [-0.2, -0.15) is 0 Å². The Balaban J connectivity index is 2.49. The summed E-state index contributed by atoms with van der Waals surface area (Å²) in [6.07, 6.45) is 2.37. The van der Waals surface area contributed by atoms with Gasteiger partial charge in [-0.25, -0.2) is 0 Å². The first-order valence-electron chi connectivity index (χ1n) is 5.26. The maximum Gasteiger partial charge on any atom is 0.120 e. The van der Waals surface area contributed by atoms with Crippen LogP contribution in [0.15, 0.2) is 10.5 Å². The van der Waals surface area contributed by atoms with E-state index in [0.717, 1.165) is 21.2 Å². The molecule has 3 N–H and O–H groups in total. The first-order valence-corrected chi connectivity index (χ1v) is 6.05. The van der Waals surface area contributed by atoms with E-state index < -0.39 is 0 Å². The number of hydrogen-bond donors (Lipinski definition) is 2. The van der Waals surface area contributed by atoms with Crippen molar-refractivity contribution in [3.05, 3.63) is 27.2 Å². The molecule has 0 heterocycles. The fourth-order valence-corrected chi connectivity index (χ4v) is 2.39. The van der Waals surface area contributed by atoms with E-state index >= 15 is 0 Å². The molecule has 2 nitrogen and oxygen atoms in total. The molecule has 2 rings (SSSR count). The summed E-state index contributed by atoms with van der Waals surface area (Å²) in [4.78, 5) is 0. The number of halogens is 1. The first kappa shape index (κ1) is 11.0. The van der Waals surface area contributed by atoms with Crippen LogP contribution in [0.3, 0.4) is 0 Å². The van der Waals surface area contributed by atoms with Gasteiger partial charge in [0.05, 0.1) is 0 Å². The Bertz CT molecular complexity index is 399. The number of benzene rings is 1. The Morgan fingerprint density at radius 1 is 1.47 bits per heavy atom. The quantitative estimate of drug-likeness (QED) is 0.867. The number of hydrogen-bond acceptors (Lipinski definition) is 2. The lowest BCUT2D eigenvalue weighted by molar-refractivity contribution is 0.454. The molecule has 3 heteroatoms.